The molecule has 0 radical (unpaired) electrons. The first-order chi connectivity index (χ1) is 8.42. The lowest BCUT2D eigenvalue weighted by molar-refractivity contribution is 0.219. The molecule has 0 spiro atoms. The van der Waals surface area contributed by atoms with Crippen molar-refractivity contribution in [1.29, 1.82) is 0 Å². The minimum Gasteiger partial charge on any atom is -0.501 e. The van der Waals surface area contributed by atoms with Crippen LogP contribution in [0.25, 0.3) is 0 Å². The summed E-state index contributed by atoms with van der Waals surface area (Å²) in [7, 11) is 0. The Kier molecular flexibility index (Phi) is 4.50. The van der Waals surface area contributed by atoms with Gasteiger partial charge in [0.2, 0.25) is 0 Å². The van der Waals surface area contributed by atoms with Gasteiger partial charge in [-0.2, -0.15) is 0 Å². The highest BCUT2D eigenvalue weighted by Crippen LogP contribution is 2.25. The van der Waals surface area contributed by atoms with Gasteiger partial charge >= 0.3 is 0 Å². The van der Waals surface area contributed by atoms with Crippen molar-refractivity contribution < 1.29 is 4.74 Å². The highest BCUT2D eigenvalue weighted by atomic mass is 16.5. The molecule has 4 nitrogen and oxygen atoms in total. The lowest BCUT2D eigenvalue weighted by Crippen LogP contribution is -2.27. The molecule has 0 aliphatic carbocycles. The summed E-state index contributed by atoms with van der Waals surface area (Å²) in [6.45, 7) is 3.93. The number of aromatic nitrogens is 2. The number of rotatable bonds is 5. The summed E-state index contributed by atoms with van der Waals surface area (Å²) in [6, 6.07) is 1.93. The van der Waals surface area contributed by atoms with Crippen molar-refractivity contribution in [1.82, 2.24) is 15.3 Å². The zero-order valence-electron chi connectivity index (χ0n) is 10.2. The third-order valence-corrected chi connectivity index (χ3v) is 2.78. The van der Waals surface area contributed by atoms with Crippen molar-refractivity contribution in [2.75, 3.05) is 13.2 Å². The van der Waals surface area contributed by atoms with Gasteiger partial charge in [0.15, 0.2) is 0 Å². The molecule has 2 heterocycles. The predicted molar refractivity (Wildman–Crippen MR) is 66.3 cm³/mol. The number of ether oxygens (including phenoxy) is 1. The van der Waals surface area contributed by atoms with E-state index in [-0.39, 0.29) is 6.04 Å². The molecule has 1 aromatic heterocycles. The second-order valence-corrected chi connectivity index (χ2v) is 4.16. The SMILES string of the molecule is CCCNC(C1=COCCC1)c1ncccn1. The van der Waals surface area contributed by atoms with Gasteiger partial charge in [-0.15, -0.1) is 0 Å². The van der Waals surface area contributed by atoms with Crippen molar-refractivity contribution in [2.24, 2.45) is 0 Å². The Morgan fingerprint density at radius 2 is 2.24 bits per heavy atom. The molecule has 0 fully saturated rings. The first kappa shape index (κ1) is 12.0. The molecule has 1 aliphatic heterocycles. The van der Waals surface area contributed by atoms with Gasteiger partial charge in [-0.25, -0.2) is 9.97 Å². The van der Waals surface area contributed by atoms with Gasteiger partial charge in [0, 0.05) is 12.4 Å². The fourth-order valence-corrected chi connectivity index (χ4v) is 1.93. The molecule has 1 N–H and O–H groups in total. The van der Waals surface area contributed by atoms with Crippen LogP contribution in [-0.2, 0) is 4.74 Å². The number of hydrogen-bond acceptors (Lipinski definition) is 4. The minimum atomic E-state index is 0.0939. The van der Waals surface area contributed by atoms with E-state index >= 15 is 0 Å². The summed E-state index contributed by atoms with van der Waals surface area (Å²) in [6.07, 6.45) is 8.66. The molecule has 0 aromatic carbocycles. The van der Waals surface area contributed by atoms with Crippen LogP contribution in [-0.4, -0.2) is 23.1 Å². The van der Waals surface area contributed by atoms with Crippen LogP contribution in [0.4, 0.5) is 0 Å². The maximum atomic E-state index is 5.41. The average molecular weight is 233 g/mol. The van der Waals surface area contributed by atoms with Gasteiger partial charge in [0.05, 0.1) is 18.9 Å². The molecule has 1 unspecified atom stereocenters. The molecule has 0 amide bonds. The van der Waals surface area contributed by atoms with Crippen molar-refractivity contribution in [3.05, 3.63) is 36.1 Å². The fraction of sp³-hybridized carbons (Fsp3) is 0.538. The predicted octanol–water partition coefficient (Wildman–Crippen LogP) is 2.21. The Hall–Kier alpha value is -1.42. The van der Waals surface area contributed by atoms with E-state index in [1.165, 1.54) is 5.57 Å². The van der Waals surface area contributed by atoms with Crippen molar-refractivity contribution in [3.8, 4) is 0 Å². The summed E-state index contributed by atoms with van der Waals surface area (Å²) in [5.74, 6) is 0.831. The molecule has 1 aliphatic rings. The smallest absolute Gasteiger partial charge is 0.149 e. The topological polar surface area (TPSA) is 47.0 Å². The van der Waals surface area contributed by atoms with Gasteiger partial charge in [0.25, 0.3) is 0 Å². The molecular weight excluding hydrogens is 214 g/mol. The molecule has 0 bridgehead atoms. The maximum absolute atomic E-state index is 5.41. The van der Waals surface area contributed by atoms with Gasteiger partial charge in [0.1, 0.15) is 5.82 Å². The molecule has 0 saturated heterocycles. The van der Waals surface area contributed by atoms with Crippen LogP contribution in [0.1, 0.15) is 38.1 Å². The third-order valence-electron chi connectivity index (χ3n) is 2.78. The van der Waals surface area contributed by atoms with E-state index in [1.807, 2.05) is 12.3 Å². The lowest BCUT2D eigenvalue weighted by atomic mass is 10.0. The standard InChI is InChI=1S/C13H19N3O/c1-2-6-14-12(11-5-3-9-17-10-11)13-15-7-4-8-16-13/h4,7-8,10,12,14H,2-3,5-6,9H2,1H3. The molecule has 0 saturated carbocycles. The summed E-state index contributed by atoms with van der Waals surface area (Å²) in [4.78, 5) is 8.67. The molecule has 17 heavy (non-hydrogen) atoms. The quantitative estimate of drug-likeness (QED) is 0.847. The van der Waals surface area contributed by atoms with Crippen LogP contribution in [0.2, 0.25) is 0 Å². The van der Waals surface area contributed by atoms with Crippen LogP contribution in [0.3, 0.4) is 0 Å². The molecule has 4 heteroatoms. The third kappa shape index (κ3) is 3.27. The van der Waals surface area contributed by atoms with Crippen molar-refractivity contribution in [2.45, 2.75) is 32.2 Å². The Morgan fingerprint density at radius 3 is 2.88 bits per heavy atom. The second kappa shape index (κ2) is 6.35. The second-order valence-electron chi connectivity index (χ2n) is 4.16. The largest absolute Gasteiger partial charge is 0.501 e. The maximum Gasteiger partial charge on any atom is 0.149 e. The summed E-state index contributed by atoms with van der Waals surface area (Å²) >= 11 is 0. The monoisotopic (exact) mass is 233 g/mol. The van der Waals surface area contributed by atoms with Gasteiger partial charge < -0.3 is 10.1 Å². The van der Waals surface area contributed by atoms with E-state index in [0.29, 0.717) is 0 Å². The van der Waals surface area contributed by atoms with Crippen molar-refractivity contribution in [3.63, 3.8) is 0 Å². The van der Waals surface area contributed by atoms with Gasteiger partial charge in [-0.1, -0.05) is 6.92 Å². The fourth-order valence-electron chi connectivity index (χ4n) is 1.93. The number of nitrogens with zero attached hydrogens (tertiary/aromatic N) is 2. The number of hydrogen-bond donors (Lipinski definition) is 1. The Balaban J connectivity index is 2.15. The first-order valence-corrected chi connectivity index (χ1v) is 6.22. The van der Waals surface area contributed by atoms with E-state index in [2.05, 4.69) is 22.2 Å². The summed E-state index contributed by atoms with van der Waals surface area (Å²) in [5.41, 5.74) is 1.25. The number of nitrogens with one attached hydrogen (secondary N) is 1. The minimum absolute atomic E-state index is 0.0939. The van der Waals surface area contributed by atoms with Crippen molar-refractivity contribution >= 4 is 0 Å². The normalized spacial score (nSPS) is 17.1. The highest BCUT2D eigenvalue weighted by molar-refractivity contribution is 5.17. The molecule has 92 valence electrons. The van der Waals surface area contributed by atoms with E-state index in [9.17, 15) is 0 Å². The Labute approximate surface area is 102 Å². The zero-order valence-corrected chi connectivity index (χ0v) is 10.2. The molecule has 2 rings (SSSR count). The molecule has 1 aromatic rings. The average Bonchev–Trinajstić information content (AvgIpc) is 2.42. The first-order valence-electron chi connectivity index (χ1n) is 6.22. The van der Waals surface area contributed by atoms with Crippen LogP contribution >= 0.6 is 0 Å². The lowest BCUT2D eigenvalue weighted by Gasteiger charge is -2.23. The van der Waals surface area contributed by atoms with E-state index in [0.717, 1.165) is 38.2 Å². The van der Waals surface area contributed by atoms with Crippen LogP contribution in [0, 0.1) is 0 Å². The Morgan fingerprint density at radius 1 is 1.41 bits per heavy atom. The van der Waals surface area contributed by atoms with Gasteiger partial charge in [-0.3, -0.25) is 0 Å². The van der Waals surface area contributed by atoms with Crippen LogP contribution < -0.4 is 5.32 Å². The Bertz CT molecular complexity index is 364. The molecular formula is C13H19N3O. The van der Waals surface area contributed by atoms with E-state index in [4.69, 9.17) is 4.74 Å². The zero-order chi connectivity index (χ0) is 11.9. The summed E-state index contributed by atoms with van der Waals surface area (Å²) < 4.78 is 5.41. The van der Waals surface area contributed by atoms with E-state index in [1.54, 1.807) is 12.4 Å². The van der Waals surface area contributed by atoms with Crippen LogP contribution in [0.15, 0.2) is 30.3 Å². The summed E-state index contributed by atoms with van der Waals surface area (Å²) in [5, 5.41) is 3.48. The van der Waals surface area contributed by atoms with Crippen LogP contribution in [0.5, 0.6) is 0 Å². The molecule has 1 atom stereocenters. The highest BCUT2D eigenvalue weighted by Gasteiger charge is 2.20. The van der Waals surface area contributed by atoms with Gasteiger partial charge in [-0.05, 0) is 37.4 Å². The van der Waals surface area contributed by atoms with E-state index < -0.39 is 0 Å².